The molecular weight excluding hydrogens is 200 g/mol. The lowest BCUT2D eigenvalue weighted by molar-refractivity contribution is 0.321. The number of aromatic nitrogens is 2. The lowest BCUT2D eigenvalue weighted by Crippen LogP contribution is -2.29. The van der Waals surface area contributed by atoms with Crippen molar-refractivity contribution in [3.05, 3.63) is 17.5 Å². The second-order valence-corrected chi connectivity index (χ2v) is 4.64. The van der Waals surface area contributed by atoms with Crippen LogP contribution in [0, 0.1) is 0 Å². The van der Waals surface area contributed by atoms with Gasteiger partial charge in [-0.15, -0.1) is 0 Å². The van der Waals surface area contributed by atoms with E-state index < -0.39 is 0 Å². The molecule has 0 aromatic carbocycles. The van der Waals surface area contributed by atoms with E-state index in [1.165, 1.54) is 24.2 Å². The molecule has 1 N–H and O–H groups in total. The van der Waals surface area contributed by atoms with Gasteiger partial charge in [0.25, 0.3) is 0 Å². The Balaban J connectivity index is 1.98. The largest absolute Gasteiger partial charge is 0.316 e. The fraction of sp³-hybridized carbons (Fsp3) is 0.750. The molecule has 1 atom stereocenters. The van der Waals surface area contributed by atoms with Crippen LogP contribution in [0.5, 0.6) is 0 Å². The monoisotopic (exact) mass is 222 g/mol. The molecule has 1 aromatic rings. The number of likely N-dealkylation sites (N-methyl/N-ethyl adjacent to an activating group) is 1. The summed E-state index contributed by atoms with van der Waals surface area (Å²) in [5, 5.41) is 7.84. The maximum atomic E-state index is 4.48. The summed E-state index contributed by atoms with van der Waals surface area (Å²) in [6.07, 6.45) is 4.45. The lowest BCUT2D eigenvalue weighted by Gasteiger charge is -2.15. The average molecular weight is 222 g/mol. The summed E-state index contributed by atoms with van der Waals surface area (Å²) in [7, 11) is 4.05. The Kier molecular flexibility index (Phi) is 3.61. The van der Waals surface area contributed by atoms with Gasteiger partial charge >= 0.3 is 0 Å². The molecule has 0 spiro atoms. The van der Waals surface area contributed by atoms with E-state index in [1.807, 2.05) is 11.7 Å². The third kappa shape index (κ3) is 2.44. The van der Waals surface area contributed by atoms with Crippen LogP contribution in [0.4, 0.5) is 0 Å². The number of likely N-dealkylation sites (tertiary alicyclic amines) is 1. The fourth-order valence-corrected chi connectivity index (χ4v) is 2.47. The zero-order chi connectivity index (χ0) is 11.5. The highest BCUT2D eigenvalue weighted by Crippen LogP contribution is 2.15. The molecule has 1 saturated heterocycles. The molecule has 0 saturated carbocycles. The van der Waals surface area contributed by atoms with Crippen molar-refractivity contribution in [3.8, 4) is 0 Å². The second-order valence-electron chi connectivity index (χ2n) is 4.64. The van der Waals surface area contributed by atoms with Crippen LogP contribution in [0.1, 0.15) is 24.6 Å². The van der Waals surface area contributed by atoms with Gasteiger partial charge in [-0.3, -0.25) is 9.58 Å². The molecule has 1 aliphatic rings. The van der Waals surface area contributed by atoms with Crippen LogP contribution in [-0.4, -0.2) is 40.9 Å². The second kappa shape index (κ2) is 4.97. The zero-order valence-electron chi connectivity index (χ0n) is 10.5. The summed E-state index contributed by atoms with van der Waals surface area (Å²) in [5.74, 6) is 0. The van der Waals surface area contributed by atoms with Crippen LogP contribution in [-0.2, 0) is 20.0 Å². The van der Waals surface area contributed by atoms with E-state index in [9.17, 15) is 0 Å². The molecule has 2 rings (SSSR count). The Morgan fingerprint density at radius 2 is 2.38 bits per heavy atom. The summed E-state index contributed by atoms with van der Waals surface area (Å²) in [6, 6.07) is 0.668. The Hall–Kier alpha value is -0.870. The summed E-state index contributed by atoms with van der Waals surface area (Å²) in [4.78, 5) is 2.51. The Bertz CT molecular complexity index is 345. The van der Waals surface area contributed by atoms with Crippen LogP contribution in [0.3, 0.4) is 0 Å². The summed E-state index contributed by atoms with van der Waals surface area (Å²) >= 11 is 0. The third-order valence-corrected chi connectivity index (χ3v) is 3.40. The molecule has 0 bridgehead atoms. The molecule has 0 amide bonds. The summed E-state index contributed by atoms with van der Waals surface area (Å²) in [5.41, 5.74) is 2.64. The number of hydrogen-bond donors (Lipinski definition) is 1. The van der Waals surface area contributed by atoms with Crippen LogP contribution in [0.15, 0.2) is 6.20 Å². The number of nitrogens with zero attached hydrogens (tertiary/aromatic N) is 3. The highest BCUT2D eigenvalue weighted by molar-refractivity contribution is 5.17. The van der Waals surface area contributed by atoms with Crippen molar-refractivity contribution in [2.24, 2.45) is 7.05 Å². The van der Waals surface area contributed by atoms with Gasteiger partial charge in [-0.05, 0) is 19.9 Å². The lowest BCUT2D eigenvalue weighted by atomic mass is 10.2. The molecule has 1 unspecified atom stereocenters. The van der Waals surface area contributed by atoms with Crippen molar-refractivity contribution in [2.75, 3.05) is 20.1 Å². The van der Waals surface area contributed by atoms with Gasteiger partial charge < -0.3 is 5.32 Å². The molecule has 0 aliphatic carbocycles. The van der Waals surface area contributed by atoms with Crippen molar-refractivity contribution in [2.45, 2.75) is 32.4 Å². The standard InChI is InChI=1S/C12H22N4/c1-4-12-10(7-15(3)14-12)8-16-6-5-11(9-16)13-2/h7,11,13H,4-6,8-9H2,1-3H3. The van der Waals surface area contributed by atoms with Gasteiger partial charge in [-0.1, -0.05) is 6.92 Å². The molecular formula is C12H22N4. The van der Waals surface area contributed by atoms with Crippen molar-refractivity contribution in [1.82, 2.24) is 20.0 Å². The highest BCUT2D eigenvalue weighted by atomic mass is 15.3. The summed E-state index contributed by atoms with van der Waals surface area (Å²) < 4.78 is 1.93. The van der Waals surface area contributed by atoms with Gasteiger partial charge in [0.05, 0.1) is 5.69 Å². The average Bonchev–Trinajstić information content (AvgIpc) is 2.85. The van der Waals surface area contributed by atoms with Gasteiger partial charge in [0, 0.05) is 44.5 Å². The summed E-state index contributed by atoms with van der Waals surface area (Å²) in [6.45, 7) is 5.58. The first-order valence-electron chi connectivity index (χ1n) is 6.14. The van der Waals surface area contributed by atoms with E-state index in [2.05, 4.69) is 35.5 Å². The van der Waals surface area contributed by atoms with Crippen LogP contribution < -0.4 is 5.32 Å². The molecule has 0 radical (unpaired) electrons. The van der Waals surface area contributed by atoms with Crippen molar-refractivity contribution in [3.63, 3.8) is 0 Å². The van der Waals surface area contributed by atoms with Crippen molar-refractivity contribution in [1.29, 1.82) is 0 Å². The number of rotatable bonds is 4. The number of aryl methyl sites for hydroxylation is 2. The molecule has 90 valence electrons. The van der Waals surface area contributed by atoms with Crippen molar-refractivity contribution >= 4 is 0 Å². The maximum absolute atomic E-state index is 4.48. The molecule has 1 fully saturated rings. The minimum absolute atomic E-state index is 0.668. The number of hydrogen-bond acceptors (Lipinski definition) is 3. The van der Waals surface area contributed by atoms with Crippen LogP contribution >= 0.6 is 0 Å². The van der Waals surface area contributed by atoms with Gasteiger partial charge in [0.2, 0.25) is 0 Å². The molecule has 1 aromatic heterocycles. The Morgan fingerprint density at radius 1 is 1.56 bits per heavy atom. The van der Waals surface area contributed by atoms with Gasteiger partial charge in [0.15, 0.2) is 0 Å². The smallest absolute Gasteiger partial charge is 0.0666 e. The van der Waals surface area contributed by atoms with E-state index in [1.54, 1.807) is 0 Å². The first-order chi connectivity index (χ1) is 7.72. The van der Waals surface area contributed by atoms with Crippen molar-refractivity contribution < 1.29 is 0 Å². The predicted molar refractivity (Wildman–Crippen MR) is 65.3 cm³/mol. The van der Waals surface area contributed by atoms with E-state index in [-0.39, 0.29) is 0 Å². The number of nitrogens with one attached hydrogen (secondary N) is 1. The van der Waals surface area contributed by atoms with Gasteiger partial charge in [0.1, 0.15) is 0 Å². The highest BCUT2D eigenvalue weighted by Gasteiger charge is 2.21. The van der Waals surface area contributed by atoms with Crippen LogP contribution in [0.25, 0.3) is 0 Å². The topological polar surface area (TPSA) is 33.1 Å². The first-order valence-corrected chi connectivity index (χ1v) is 6.14. The minimum atomic E-state index is 0.668. The molecule has 4 heteroatoms. The minimum Gasteiger partial charge on any atom is -0.316 e. The van der Waals surface area contributed by atoms with Crippen LogP contribution in [0.2, 0.25) is 0 Å². The third-order valence-electron chi connectivity index (χ3n) is 3.40. The van der Waals surface area contributed by atoms with Gasteiger partial charge in [-0.25, -0.2) is 0 Å². The normalized spacial score (nSPS) is 21.8. The predicted octanol–water partition coefficient (Wildman–Crippen LogP) is 0.776. The molecule has 2 heterocycles. The van der Waals surface area contributed by atoms with E-state index in [0.717, 1.165) is 19.5 Å². The molecule has 1 aliphatic heterocycles. The Morgan fingerprint density at radius 3 is 3.00 bits per heavy atom. The fourth-order valence-electron chi connectivity index (χ4n) is 2.47. The SMILES string of the molecule is CCc1nn(C)cc1CN1CCC(NC)C1. The first kappa shape index (κ1) is 11.6. The quantitative estimate of drug-likeness (QED) is 0.817. The Labute approximate surface area is 97.6 Å². The zero-order valence-corrected chi connectivity index (χ0v) is 10.5. The van der Waals surface area contributed by atoms with E-state index in [0.29, 0.717) is 6.04 Å². The molecule has 16 heavy (non-hydrogen) atoms. The van der Waals surface area contributed by atoms with Gasteiger partial charge in [-0.2, -0.15) is 5.10 Å². The van der Waals surface area contributed by atoms with E-state index in [4.69, 9.17) is 0 Å². The van der Waals surface area contributed by atoms with E-state index >= 15 is 0 Å². The molecule has 4 nitrogen and oxygen atoms in total. The maximum Gasteiger partial charge on any atom is 0.0666 e.